The molecule has 4 heteroatoms. The zero-order valence-corrected chi connectivity index (χ0v) is 10.8. The Hall–Kier alpha value is -1.84. The molecule has 96 valence electrons. The lowest BCUT2D eigenvalue weighted by Gasteiger charge is -2.22. The highest BCUT2D eigenvalue weighted by Crippen LogP contribution is 2.25. The van der Waals surface area contributed by atoms with Gasteiger partial charge >= 0.3 is 5.97 Å². The summed E-state index contributed by atoms with van der Waals surface area (Å²) < 4.78 is 5.11. The third kappa shape index (κ3) is 2.53. The number of methoxy groups -OCH3 is 1. The lowest BCUT2D eigenvalue weighted by atomic mass is 9.88. The number of carbonyl (C=O) groups excluding carboxylic acids is 1. The normalized spacial score (nSPS) is 19.4. The van der Waals surface area contributed by atoms with E-state index in [4.69, 9.17) is 9.57 Å². The molecule has 0 aliphatic carbocycles. The Kier molecular flexibility index (Phi) is 3.65. The van der Waals surface area contributed by atoms with Gasteiger partial charge in [0.25, 0.3) is 0 Å². The third-order valence-corrected chi connectivity index (χ3v) is 3.19. The van der Waals surface area contributed by atoms with Crippen LogP contribution in [0.25, 0.3) is 0 Å². The van der Waals surface area contributed by atoms with E-state index in [9.17, 15) is 4.79 Å². The Morgan fingerprint density at radius 3 is 2.56 bits per heavy atom. The number of rotatable bonds is 3. The number of oxime groups is 1. The van der Waals surface area contributed by atoms with Gasteiger partial charge in [-0.3, -0.25) is 0 Å². The van der Waals surface area contributed by atoms with Gasteiger partial charge in [-0.15, -0.1) is 0 Å². The molecule has 1 aliphatic heterocycles. The summed E-state index contributed by atoms with van der Waals surface area (Å²) in [6.07, 6.45) is 0.628. The Morgan fingerprint density at radius 2 is 2.00 bits per heavy atom. The van der Waals surface area contributed by atoms with Crippen molar-refractivity contribution in [3.8, 4) is 5.75 Å². The van der Waals surface area contributed by atoms with Crippen molar-refractivity contribution in [2.45, 2.75) is 20.3 Å². The molecule has 0 spiro atoms. The first-order chi connectivity index (χ1) is 8.61. The fourth-order valence-electron chi connectivity index (χ4n) is 1.96. The highest BCUT2D eigenvalue weighted by molar-refractivity contribution is 6.03. The maximum Gasteiger partial charge on any atom is 0.338 e. The topological polar surface area (TPSA) is 47.9 Å². The smallest absolute Gasteiger partial charge is 0.338 e. The number of hydrogen-bond donors (Lipinski definition) is 0. The van der Waals surface area contributed by atoms with Crippen molar-refractivity contribution in [1.82, 2.24) is 0 Å². The Bertz CT molecular complexity index is 462. The predicted molar refractivity (Wildman–Crippen MR) is 68.6 cm³/mol. The van der Waals surface area contributed by atoms with Crippen molar-refractivity contribution in [3.63, 3.8) is 0 Å². The number of carbonyl (C=O) groups is 1. The van der Waals surface area contributed by atoms with Crippen LogP contribution in [0.4, 0.5) is 0 Å². The average Bonchev–Trinajstić information content (AvgIpc) is 2.39. The summed E-state index contributed by atoms with van der Waals surface area (Å²) >= 11 is 0. The molecule has 0 saturated heterocycles. The minimum absolute atomic E-state index is 0.111. The first kappa shape index (κ1) is 12.6. The minimum Gasteiger partial charge on any atom is -0.497 e. The standard InChI is InChI=1S/C14H17NO3/c1-9(2)12-8-13(15-18-14(12)16)10-4-6-11(17-3)7-5-10/h4-7,9,12H,8H2,1-3H3. The summed E-state index contributed by atoms with van der Waals surface area (Å²) in [6, 6.07) is 7.60. The summed E-state index contributed by atoms with van der Waals surface area (Å²) in [4.78, 5) is 16.5. The van der Waals surface area contributed by atoms with Crippen molar-refractivity contribution in [2.75, 3.05) is 7.11 Å². The van der Waals surface area contributed by atoms with Gasteiger partial charge in [0, 0.05) is 6.42 Å². The van der Waals surface area contributed by atoms with Crippen molar-refractivity contribution >= 4 is 11.7 Å². The van der Waals surface area contributed by atoms with Gasteiger partial charge in [-0.25, -0.2) is 4.79 Å². The average molecular weight is 247 g/mol. The molecule has 2 rings (SSSR count). The molecule has 0 bridgehead atoms. The van der Waals surface area contributed by atoms with E-state index in [1.165, 1.54) is 0 Å². The van der Waals surface area contributed by atoms with Crippen LogP contribution in [-0.2, 0) is 9.63 Å². The summed E-state index contributed by atoms with van der Waals surface area (Å²) in [5.41, 5.74) is 1.78. The first-order valence-corrected chi connectivity index (χ1v) is 6.04. The quantitative estimate of drug-likeness (QED) is 0.771. The monoisotopic (exact) mass is 247 g/mol. The summed E-state index contributed by atoms with van der Waals surface area (Å²) in [5, 5.41) is 3.90. The van der Waals surface area contributed by atoms with Crippen LogP contribution in [0, 0.1) is 11.8 Å². The predicted octanol–water partition coefficient (Wildman–Crippen LogP) is 2.62. The van der Waals surface area contributed by atoms with Gasteiger partial charge < -0.3 is 9.57 Å². The van der Waals surface area contributed by atoms with Gasteiger partial charge in [0.05, 0.1) is 18.7 Å². The Labute approximate surface area is 107 Å². The summed E-state index contributed by atoms with van der Waals surface area (Å²) in [5.74, 6) is 0.704. The van der Waals surface area contributed by atoms with Crippen molar-refractivity contribution in [1.29, 1.82) is 0 Å². The van der Waals surface area contributed by atoms with E-state index in [0.29, 0.717) is 6.42 Å². The van der Waals surface area contributed by atoms with Crippen LogP contribution in [0.2, 0.25) is 0 Å². The van der Waals surface area contributed by atoms with Gasteiger partial charge in [0.1, 0.15) is 5.75 Å². The zero-order chi connectivity index (χ0) is 13.1. The zero-order valence-electron chi connectivity index (χ0n) is 10.8. The second-order valence-corrected chi connectivity index (χ2v) is 4.73. The van der Waals surface area contributed by atoms with E-state index in [0.717, 1.165) is 17.0 Å². The lowest BCUT2D eigenvalue weighted by molar-refractivity contribution is -0.151. The molecular weight excluding hydrogens is 230 g/mol. The fraction of sp³-hybridized carbons (Fsp3) is 0.429. The van der Waals surface area contributed by atoms with Gasteiger partial charge in [-0.05, 0) is 35.7 Å². The van der Waals surface area contributed by atoms with Crippen LogP contribution < -0.4 is 4.74 Å². The van der Waals surface area contributed by atoms with Crippen LogP contribution in [0.15, 0.2) is 29.4 Å². The molecule has 0 saturated carbocycles. The Balaban J connectivity index is 2.20. The van der Waals surface area contributed by atoms with Crippen LogP contribution in [0.1, 0.15) is 25.8 Å². The molecular formula is C14H17NO3. The number of ether oxygens (including phenoxy) is 1. The van der Waals surface area contributed by atoms with Gasteiger partial charge in [0.15, 0.2) is 0 Å². The van der Waals surface area contributed by atoms with Crippen molar-refractivity contribution in [2.24, 2.45) is 17.0 Å². The molecule has 0 N–H and O–H groups in total. The van der Waals surface area contributed by atoms with E-state index >= 15 is 0 Å². The van der Waals surface area contributed by atoms with Crippen LogP contribution in [0.3, 0.4) is 0 Å². The molecule has 1 unspecified atom stereocenters. The van der Waals surface area contributed by atoms with E-state index in [2.05, 4.69) is 5.16 Å². The molecule has 0 radical (unpaired) electrons. The minimum atomic E-state index is -0.234. The molecule has 1 atom stereocenters. The number of hydrogen-bond acceptors (Lipinski definition) is 4. The number of nitrogens with zero attached hydrogens (tertiary/aromatic N) is 1. The lowest BCUT2D eigenvalue weighted by Crippen LogP contribution is -2.29. The molecule has 1 aliphatic rings. The first-order valence-electron chi connectivity index (χ1n) is 6.04. The van der Waals surface area contributed by atoms with E-state index in [1.807, 2.05) is 38.1 Å². The maximum atomic E-state index is 11.6. The third-order valence-electron chi connectivity index (χ3n) is 3.19. The van der Waals surface area contributed by atoms with Crippen LogP contribution in [-0.4, -0.2) is 18.8 Å². The SMILES string of the molecule is COc1ccc(C2=NOC(=O)C(C(C)C)C2)cc1. The van der Waals surface area contributed by atoms with Gasteiger partial charge in [-0.1, -0.05) is 19.0 Å². The number of benzene rings is 1. The van der Waals surface area contributed by atoms with Crippen molar-refractivity contribution in [3.05, 3.63) is 29.8 Å². The molecule has 0 fully saturated rings. The summed E-state index contributed by atoms with van der Waals surface area (Å²) in [6.45, 7) is 4.03. The molecule has 4 nitrogen and oxygen atoms in total. The largest absolute Gasteiger partial charge is 0.497 e. The molecule has 0 amide bonds. The maximum absolute atomic E-state index is 11.6. The van der Waals surface area contributed by atoms with Gasteiger partial charge in [0.2, 0.25) is 0 Å². The Morgan fingerprint density at radius 1 is 1.33 bits per heavy atom. The molecule has 0 aromatic heterocycles. The van der Waals surface area contributed by atoms with E-state index in [1.54, 1.807) is 7.11 Å². The van der Waals surface area contributed by atoms with Crippen molar-refractivity contribution < 1.29 is 14.4 Å². The molecule has 1 heterocycles. The summed E-state index contributed by atoms with van der Waals surface area (Å²) in [7, 11) is 1.63. The second kappa shape index (κ2) is 5.21. The van der Waals surface area contributed by atoms with E-state index < -0.39 is 0 Å². The highest BCUT2D eigenvalue weighted by atomic mass is 16.7. The molecule has 18 heavy (non-hydrogen) atoms. The van der Waals surface area contributed by atoms with Crippen LogP contribution in [0.5, 0.6) is 5.75 Å². The van der Waals surface area contributed by atoms with Gasteiger partial charge in [-0.2, -0.15) is 0 Å². The highest BCUT2D eigenvalue weighted by Gasteiger charge is 2.30. The second-order valence-electron chi connectivity index (χ2n) is 4.73. The fourth-order valence-corrected chi connectivity index (χ4v) is 1.96. The molecule has 1 aromatic rings. The molecule has 1 aromatic carbocycles. The van der Waals surface area contributed by atoms with Crippen LogP contribution >= 0.6 is 0 Å². The van der Waals surface area contributed by atoms with E-state index in [-0.39, 0.29) is 17.8 Å².